The molecule has 3 aromatic rings. The summed E-state index contributed by atoms with van der Waals surface area (Å²) in [6, 6.07) is 4.59. The highest BCUT2D eigenvalue weighted by Gasteiger charge is 2.19. The molecular formula is C17H14F3N3O. The number of nitrogens with two attached hydrogens (primary N) is 1. The first-order valence-corrected chi connectivity index (χ1v) is 7.23. The number of nitrogens with zero attached hydrogens (tertiary/aromatic N) is 2. The topological polar surface area (TPSA) is 60.9 Å². The second-order valence-corrected chi connectivity index (χ2v) is 5.61. The molecule has 0 aliphatic rings. The van der Waals surface area contributed by atoms with Gasteiger partial charge in [0.25, 0.3) is 5.56 Å². The molecule has 0 aliphatic heterocycles. The lowest BCUT2D eigenvalue weighted by Gasteiger charge is -2.17. The Labute approximate surface area is 135 Å². The molecule has 1 atom stereocenters. The van der Waals surface area contributed by atoms with Crippen molar-refractivity contribution in [3.63, 3.8) is 0 Å². The summed E-state index contributed by atoms with van der Waals surface area (Å²) in [5.41, 5.74) is 5.56. The van der Waals surface area contributed by atoms with Gasteiger partial charge in [-0.25, -0.2) is 18.2 Å². The third kappa shape index (κ3) is 2.56. The SMILES string of the molecule is Cc1ccc(F)c2nc([C@H](C)N)n(-c3cc(F)cc(F)c3)c(=O)c12. The van der Waals surface area contributed by atoms with Crippen LogP contribution in [0.1, 0.15) is 24.4 Å². The summed E-state index contributed by atoms with van der Waals surface area (Å²) in [6.07, 6.45) is 0. The van der Waals surface area contributed by atoms with Crippen LogP contribution in [0.25, 0.3) is 16.6 Å². The number of halogens is 3. The Hall–Kier alpha value is -2.67. The number of benzene rings is 2. The fraction of sp³-hybridized carbons (Fsp3) is 0.176. The van der Waals surface area contributed by atoms with Gasteiger partial charge in [0, 0.05) is 6.07 Å². The zero-order valence-electron chi connectivity index (χ0n) is 13.0. The van der Waals surface area contributed by atoms with Crippen LogP contribution in [-0.2, 0) is 0 Å². The Morgan fingerprint density at radius 3 is 2.33 bits per heavy atom. The molecule has 24 heavy (non-hydrogen) atoms. The molecule has 124 valence electrons. The standard InChI is InChI=1S/C17H14F3N3O/c1-8-3-4-13(20)15-14(8)17(24)23(16(22-15)9(2)21)12-6-10(18)5-11(19)7-12/h3-7,9H,21H2,1-2H3/t9-/m0/s1. The average molecular weight is 333 g/mol. The first kappa shape index (κ1) is 16.2. The van der Waals surface area contributed by atoms with Crippen molar-refractivity contribution in [1.29, 1.82) is 0 Å². The lowest BCUT2D eigenvalue weighted by atomic mass is 10.1. The van der Waals surface area contributed by atoms with Crippen LogP contribution in [0.5, 0.6) is 0 Å². The number of rotatable bonds is 2. The van der Waals surface area contributed by atoms with Crippen LogP contribution < -0.4 is 11.3 Å². The van der Waals surface area contributed by atoms with Gasteiger partial charge in [-0.2, -0.15) is 0 Å². The molecule has 0 spiro atoms. The van der Waals surface area contributed by atoms with Crippen LogP contribution >= 0.6 is 0 Å². The van der Waals surface area contributed by atoms with Crippen LogP contribution in [0.3, 0.4) is 0 Å². The minimum absolute atomic E-state index is 0.0157. The lowest BCUT2D eigenvalue weighted by molar-refractivity contribution is 0.578. The summed E-state index contributed by atoms with van der Waals surface area (Å²) in [4.78, 5) is 17.1. The first-order chi connectivity index (χ1) is 11.3. The van der Waals surface area contributed by atoms with E-state index < -0.39 is 29.1 Å². The Balaban J connectivity index is 2.51. The fourth-order valence-electron chi connectivity index (χ4n) is 2.65. The van der Waals surface area contributed by atoms with Gasteiger partial charge in [-0.3, -0.25) is 9.36 Å². The Morgan fingerprint density at radius 2 is 1.75 bits per heavy atom. The van der Waals surface area contributed by atoms with E-state index in [1.807, 2.05) is 0 Å². The molecule has 0 unspecified atom stereocenters. The van der Waals surface area contributed by atoms with Crippen molar-refractivity contribution < 1.29 is 13.2 Å². The van der Waals surface area contributed by atoms with Gasteiger partial charge in [-0.05, 0) is 37.6 Å². The summed E-state index contributed by atoms with van der Waals surface area (Å²) in [6.45, 7) is 3.18. The van der Waals surface area contributed by atoms with Gasteiger partial charge < -0.3 is 5.73 Å². The second-order valence-electron chi connectivity index (χ2n) is 5.61. The van der Waals surface area contributed by atoms with Gasteiger partial charge in [-0.1, -0.05) is 6.07 Å². The van der Waals surface area contributed by atoms with Crippen molar-refractivity contribution in [3.05, 3.63) is 69.5 Å². The molecule has 0 amide bonds. The van der Waals surface area contributed by atoms with Gasteiger partial charge in [-0.15, -0.1) is 0 Å². The van der Waals surface area contributed by atoms with E-state index in [9.17, 15) is 18.0 Å². The largest absolute Gasteiger partial charge is 0.322 e. The highest BCUT2D eigenvalue weighted by atomic mass is 19.1. The molecule has 1 heterocycles. The van der Waals surface area contributed by atoms with Crippen LogP contribution in [-0.4, -0.2) is 9.55 Å². The van der Waals surface area contributed by atoms with E-state index >= 15 is 0 Å². The summed E-state index contributed by atoms with van der Waals surface area (Å²) in [7, 11) is 0. The quantitative estimate of drug-likeness (QED) is 0.784. The molecule has 0 fully saturated rings. The molecule has 7 heteroatoms. The number of hydrogen-bond acceptors (Lipinski definition) is 3. The smallest absolute Gasteiger partial charge is 0.266 e. The van der Waals surface area contributed by atoms with E-state index in [2.05, 4.69) is 4.98 Å². The predicted octanol–water partition coefficient (Wildman–Crippen LogP) is 3.13. The minimum Gasteiger partial charge on any atom is -0.322 e. The molecule has 1 aromatic heterocycles. The van der Waals surface area contributed by atoms with Crippen molar-refractivity contribution in [1.82, 2.24) is 9.55 Å². The molecule has 0 saturated carbocycles. The van der Waals surface area contributed by atoms with Gasteiger partial charge in [0.05, 0.1) is 17.1 Å². The maximum absolute atomic E-state index is 14.1. The third-order valence-corrected chi connectivity index (χ3v) is 3.72. The highest BCUT2D eigenvalue weighted by Crippen LogP contribution is 2.22. The Morgan fingerprint density at radius 1 is 1.12 bits per heavy atom. The zero-order valence-corrected chi connectivity index (χ0v) is 13.0. The predicted molar refractivity (Wildman–Crippen MR) is 84.6 cm³/mol. The normalized spacial score (nSPS) is 12.6. The minimum atomic E-state index is -0.844. The van der Waals surface area contributed by atoms with Crippen LogP contribution in [0.2, 0.25) is 0 Å². The van der Waals surface area contributed by atoms with E-state index in [0.29, 0.717) is 11.6 Å². The maximum Gasteiger partial charge on any atom is 0.266 e. The number of fused-ring (bicyclic) bond motifs is 1. The van der Waals surface area contributed by atoms with E-state index in [-0.39, 0.29) is 22.4 Å². The van der Waals surface area contributed by atoms with E-state index in [1.165, 1.54) is 12.1 Å². The highest BCUT2D eigenvalue weighted by molar-refractivity contribution is 5.82. The fourth-order valence-corrected chi connectivity index (χ4v) is 2.65. The van der Waals surface area contributed by atoms with Gasteiger partial charge in [0.1, 0.15) is 28.8 Å². The molecule has 3 rings (SSSR count). The van der Waals surface area contributed by atoms with Crippen molar-refractivity contribution in [2.75, 3.05) is 0 Å². The third-order valence-electron chi connectivity index (χ3n) is 3.72. The van der Waals surface area contributed by atoms with Crippen LogP contribution in [0.15, 0.2) is 35.1 Å². The lowest BCUT2D eigenvalue weighted by Crippen LogP contribution is -2.28. The first-order valence-electron chi connectivity index (χ1n) is 7.23. The van der Waals surface area contributed by atoms with Gasteiger partial charge in [0.2, 0.25) is 0 Å². The van der Waals surface area contributed by atoms with E-state index in [4.69, 9.17) is 5.73 Å². The molecule has 2 N–H and O–H groups in total. The van der Waals surface area contributed by atoms with Crippen molar-refractivity contribution >= 4 is 10.9 Å². The number of aryl methyl sites for hydroxylation is 1. The van der Waals surface area contributed by atoms with Gasteiger partial charge in [0.15, 0.2) is 0 Å². The Kier molecular flexibility index (Phi) is 3.88. The molecule has 2 aromatic carbocycles. The zero-order chi connectivity index (χ0) is 17.6. The van der Waals surface area contributed by atoms with E-state index in [1.54, 1.807) is 13.8 Å². The molecule has 0 bridgehead atoms. The van der Waals surface area contributed by atoms with Gasteiger partial charge >= 0.3 is 0 Å². The molecule has 0 aliphatic carbocycles. The second kappa shape index (κ2) is 5.76. The summed E-state index contributed by atoms with van der Waals surface area (Å²) >= 11 is 0. The number of aromatic nitrogens is 2. The number of hydrogen-bond donors (Lipinski definition) is 1. The van der Waals surface area contributed by atoms with Crippen molar-refractivity contribution in [2.24, 2.45) is 5.73 Å². The summed E-state index contributed by atoms with van der Waals surface area (Å²) in [5.74, 6) is -2.33. The Bertz CT molecular complexity index is 992. The molecule has 0 radical (unpaired) electrons. The van der Waals surface area contributed by atoms with Crippen LogP contribution in [0.4, 0.5) is 13.2 Å². The van der Waals surface area contributed by atoms with Crippen molar-refractivity contribution in [2.45, 2.75) is 19.9 Å². The molecule has 4 nitrogen and oxygen atoms in total. The monoisotopic (exact) mass is 333 g/mol. The molecular weight excluding hydrogens is 319 g/mol. The van der Waals surface area contributed by atoms with E-state index in [0.717, 1.165) is 16.7 Å². The average Bonchev–Trinajstić information content (AvgIpc) is 2.49. The van der Waals surface area contributed by atoms with Crippen molar-refractivity contribution in [3.8, 4) is 5.69 Å². The van der Waals surface area contributed by atoms with Crippen LogP contribution in [0, 0.1) is 24.4 Å². The maximum atomic E-state index is 14.1. The summed E-state index contributed by atoms with van der Waals surface area (Å²) in [5, 5.41) is 0.0454. The molecule has 0 saturated heterocycles. The summed E-state index contributed by atoms with van der Waals surface area (Å²) < 4.78 is 42.2.